The summed E-state index contributed by atoms with van der Waals surface area (Å²) >= 11 is 4.63. The fourth-order valence-electron chi connectivity index (χ4n) is 1.55. The van der Waals surface area contributed by atoms with Gasteiger partial charge in [-0.2, -0.15) is 5.10 Å². The van der Waals surface area contributed by atoms with Gasteiger partial charge >= 0.3 is 0 Å². The van der Waals surface area contributed by atoms with Crippen LogP contribution >= 0.6 is 12.2 Å². The minimum Gasteiger partial charge on any atom is -0.262 e. The molecule has 0 spiro atoms. The third-order valence-corrected chi connectivity index (χ3v) is 2.56. The highest BCUT2D eigenvalue weighted by Gasteiger charge is 2.14. The van der Waals surface area contributed by atoms with Gasteiger partial charge in [0.15, 0.2) is 5.82 Å². The zero-order valence-electron chi connectivity index (χ0n) is 9.69. The molecule has 18 heavy (non-hydrogen) atoms. The van der Waals surface area contributed by atoms with Gasteiger partial charge in [-0.15, -0.1) is 0 Å². The lowest BCUT2D eigenvalue weighted by atomic mass is 10.2. The Morgan fingerprint density at radius 3 is 3.06 bits per heavy atom. The number of hydrogen-bond acceptors (Lipinski definition) is 4. The first-order chi connectivity index (χ1) is 8.72. The van der Waals surface area contributed by atoms with E-state index in [-0.39, 0.29) is 11.9 Å². The number of pyridine rings is 1. The number of thiocarbonyl (C=S) groups is 1. The van der Waals surface area contributed by atoms with E-state index in [1.54, 1.807) is 29.2 Å². The molecule has 2 rings (SSSR count). The first kappa shape index (κ1) is 12.5. The molecular formula is C12H11FN4S. The maximum atomic E-state index is 13.6. The van der Waals surface area contributed by atoms with Gasteiger partial charge < -0.3 is 0 Å². The molecule has 0 aromatic carbocycles. The average molecular weight is 262 g/mol. The van der Waals surface area contributed by atoms with E-state index in [0.717, 1.165) is 0 Å². The van der Waals surface area contributed by atoms with Gasteiger partial charge in [-0.1, -0.05) is 12.2 Å². The Morgan fingerprint density at radius 1 is 1.50 bits per heavy atom. The van der Waals surface area contributed by atoms with E-state index >= 15 is 0 Å². The van der Waals surface area contributed by atoms with Crippen LogP contribution in [0.25, 0.3) is 0 Å². The molecule has 0 aliphatic heterocycles. The number of rotatable bonds is 4. The highest BCUT2D eigenvalue weighted by Crippen LogP contribution is 2.19. The van der Waals surface area contributed by atoms with E-state index in [9.17, 15) is 4.39 Å². The smallest absolute Gasteiger partial charge is 0.173 e. The second kappa shape index (κ2) is 5.59. The Balaban J connectivity index is 2.26. The lowest BCUT2D eigenvalue weighted by Crippen LogP contribution is -2.10. The standard InChI is InChI=1S/C12H11FN4S/c1-9(12-10(13)3-2-5-15-12)17-7-4-11(16-17)14-6-8-18/h2-9H,1H3. The summed E-state index contributed by atoms with van der Waals surface area (Å²) in [5, 5.41) is 5.61. The van der Waals surface area contributed by atoms with Crippen molar-refractivity contribution in [1.29, 1.82) is 0 Å². The molecule has 2 heterocycles. The minimum absolute atomic E-state index is 0.289. The predicted octanol–water partition coefficient (Wildman–Crippen LogP) is 2.73. The van der Waals surface area contributed by atoms with Crippen molar-refractivity contribution in [1.82, 2.24) is 14.8 Å². The van der Waals surface area contributed by atoms with Gasteiger partial charge in [0, 0.05) is 30.0 Å². The first-order valence-corrected chi connectivity index (χ1v) is 5.83. The van der Waals surface area contributed by atoms with Crippen LogP contribution in [0.4, 0.5) is 10.2 Å². The number of aliphatic imine (C=N–C) groups is 1. The normalized spacial score (nSPS) is 12.8. The molecule has 0 saturated carbocycles. The van der Waals surface area contributed by atoms with Crippen LogP contribution in [0.1, 0.15) is 18.7 Å². The molecule has 2 aromatic rings. The molecule has 92 valence electrons. The summed E-state index contributed by atoms with van der Waals surface area (Å²) in [5.74, 6) is 0.184. The van der Waals surface area contributed by atoms with E-state index < -0.39 is 0 Å². The van der Waals surface area contributed by atoms with E-state index in [1.165, 1.54) is 17.6 Å². The minimum atomic E-state index is -0.343. The van der Waals surface area contributed by atoms with E-state index in [0.29, 0.717) is 11.5 Å². The van der Waals surface area contributed by atoms with Crippen LogP contribution in [0.2, 0.25) is 0 Å². The van der Waals surface area contributed by atoms with Crippen LogP contribution in [0.5, 0.6) is 0 Å². The quantitative estimate of drug-likeness (QED) is 0.628. The van der Waals surface area contributed by atoms with Crippen molar-refractivity contribution in [2.45, 2.75) is 13.0 Å². The fraction of sp³-hybridized carbons (Fsp3) is 0.167. The van der Waals surface area contributed by atoms with Crippen molar-refractivity contribution < 1.29 is 4.39 Å². The van der Waals surface area contributed by atoms with Crippen molar-refractivity contribution in [3.8, 4) is 0 Å². The molecule has 0 saturated heterocycles. The van der Waals surface area contributed by atoms with Crippen LogP contribution in [0.15, 0.2) is 35.6 Å². The van der Waals surface area contributed by atoms with Gasteiger partial charge in [-0.05, 0) is 19.1 Å². The van der Waals surface area contributed by atoms with E-state index in [4.69, 9.17) is 0 Å². The van der Waals surface area contributed by atoms with Crippen LogP contribution in [0.3, 0.4) is 0 Å². The molecular weight excluding hydrogens is 251 g/mol. The van der Waals surface area contributed by atoms with Crippen molar-refractivity contribution >= 4 is 29.6 Å². The third kappa shape index (κ3) is 2.65. The SMILES string of the molecule is CC(c1ncccc1F)n1ccc(N=CC=S)n1. The summed E-state index contributed by atoms with van der Waals surface area (Å²) in [6.45, 7) is 1.82. The topological polar surface area (TPSA) is 43.1 Å². The molecule has 0 amide bonds. The molecule has 0 aliphatic rings. The first-order valence-electron chi connectivity index (χ1n) is 5.36. The largest absolute Gasteiger partial charge is 0.262 e. The van der Waals surface area contributed by atoms with Crippen LogP contribution in [0, 0.1) is 5.82 Å². The van der Waals surface area contributed by atoms with Crippen LogP contribution in [-0.4, -0.2) is 26.3 Å². The molecule has 0 aliphatic carbocycles. The van der Waals surface area contributed by atoms with E-state index in [1.807, 2.05) is 6.92 Å². The molecule has 0 radical (unpaired) electrons. The predicted molar refractivity (Wildman–Crippen MR) is 72.0 cm³/mol. The fourth-order valence-corrected chi connectivity index (χ4v) is 1.61. The van der Waals surface area contributed by atoms with Gasteiger partial charge in [0.25, 0.3) is 0 Å². The summed E-state index contributed by atoms with van der Waals surface area (Å²) in [5.41, 5.74) is 0.353. The maximum Gasteiger partial charge on any atom is 0.173 e. The number of hydrogen-bond donors (Lipinski definition) is 0. The Labute approximate surface area is 109 Å². The monoisotopic (exact) mass is 262 g/mol. The molecule has 0 fully saturated rings. The Kier molecular flexibility index (Phi) is 3.88. The van der Waals surface area contributed by atoms with Gasteiger partial charge in [0.1, 0.15) is 11.5 Å². The average Bonchev–Trinajstić information content (AvgIpc) is 2.85. The van der Waals surface area contributed by atoms with Gasteiger partial charge in [0.2, 0.25) is 0 Å². The lowest BCUT2D eigenvalue weighted by molar-refractivity contribution is 0.506. The van der Waals surface area contributed by atoms with Crippen molar-refractivity contribution in [3.63, 3.8) is 0 Å². The molecule has 2 aromatic heterocycles. The second-order valence-electron chi connectivity index (χ2n) is 3.61. The molecule has 1 atom stereocenters. The summed E-state index contributed by atoms with van der Waals surface area (Å²) in [6.07, 6.45) is 4.77. The maximum absolute atomic E-state index is 13.6. The highest BCUT2D eigenvalue weighted by atomic mass is 32.1. The molecule has 1 unspecified atom stereocenters. The van der Waals surface area contributed by atoms with Gasteiger partial charge in [-0.3, -0.25) is 9.67 Å². The van der Waals surface area contributed by atoms with Crippen LogP contribution < -0.4 is 0 Å². The van der Waals surface area contributed by atoms with Gasteiger partial charge in [-0.25, -0.2) is 9.38 Å². The molecule has 0 bridgehead atoms. The molecule has 0 N–H and O–H groups in total. The number of nitrogens with zero attached hydrogens (tertiary/aromatic N) is 4. The summed E-state index contributed by atoms with van der Waals surface area (Å²) in [6, 6.07) is 4.38. The van der Waals surface area contributed by atoms with Gasteiger partial charge in [0.05, 0.1) is 6.04 Å². The van der Waals surface area contributed by atoms with Crippen molar-refractivity contribution in [2.75, 3.05) is 0 Å². The third-order valence-electron chi connectivity index (χ3n) is 2.44. The zero-order chi connectivity index (χ0) is 13.0. The number of halogens is 1. The van der Waals surface area contributed by atoms with E-state index in [2.05, 4.69) is 27.3 Å². The summed E-state index contributed by atoms with van der Waals surface area (Å²) in [7, 11) is 0. The van der Waals surface area contributed by atoms with Crippen molar-refractivity contribution in [2.24, 2.45) is 4.99 Å². The second-order valence-corrected chi connectivity index (χ2v) is 3.89. The molecule has 6 heteroatoms. The summed E-state index contributed by atoms with van der Waals surface area (Å²) in [4.78, 5) is 8.04. The Bertz CT molecular complexity index is 579. The van der Waals surface area contributed by atoms with Crippen molar-refractivity contribution in [3.05, 3.63) is 42.1 Å². The zero-order valence-corrected chi connectivity index (χ0v) is 10.5. The lowest BCUT2D eigenvalue weighted by Gasteiger charge is -2.11. The Morgan fingerprint density at radius 2 is 2.33 bits per heavy atom. The Hall–Kier alpha value is -1.95. The number of aromatic nitrogens is 3. The van der Waals surface area contributed by atoms with Crippen LogP contribution in [-0.2, 0) is 0 Å². The summed E-state index contributed by atoms with van der Waals surface area (Å²) < 4.78 is 15.2. The molecule has 4 nitrogen and oxygen atoms in total. The highest BCUT2D eigenvalue weighted by molar-refractivity contribution is 7.80.